The standard InChI is InChI=1S/C16H18ClN5O2/c17-11-2-5-12(6-3-11)20-15(23)9-18-16(24)21-13-4-1-10-8-19-22-14(10)7-13/h2-3,5-6,8,13H,1,4,7,9H2,(H,19,22)(H,20,23)(H2,18,21,24). The zero-order valence-electron chi connectivity index (χ0n) is 12.9. The Labute approximate surface area is 144 Å². The molecule has 0 spiro atoms. The maximum Gasteiger partial charge on any atom is 0.315 e. The highest BCUT2D eigenvalue weighted by Gasteiger charge is 2.21. The molecule has 0 saturated carbocycles. The van der Waals surface area contributed by atoms with Crippen molar-refractivity contribution in [3.8, 4) is 0 Å². The number of benzene rings is 1. The summed E-state index contributed by atoms with van der Waals surface area (Å²) < 4.78 is 0. The Balaban J connectivity index is 1.41. The molecule has 3 amide bonds. The van der Waals surface area contributed by atoms with E-state index in [-0.39, 0.29) is 24.5 Å². The van der Waals surface area contributed by atoms with Crippen molar-refractivity contribution in [2.45, 2.75) is 25.3 Å². The number of nitrogens with zero attached hydrogens (tertiary/aromatic N) is 1. The van der Waals surface area contributed by atoms with Crippen molar-refractivity contribution < 1.29 is 9.59 Å². The summed E-state index contributed by atoms with van der Waals surface area (Å²) in [7, 11) is 0. The second-order valence-electron chi connectivity index (χ2n) is 5.70. The number of aryl methyl sites for hydroxylation is 1. The van der Waals surface area contributed by atoms with Crippen LogP contribution in [0.4, 0.5) is 10.5 Å². The molecule has 1 atom stereocenters. The Morgan fingerprint density at radius 3 is 2.88 bits per heavy atom. The van der Waals surface area contributed by atoms with E-state index in [1.807, 2.05) is 6.20 Å². The fourth-order valence-corrected chi connectivity index (χ4v) is 2.79. The lowest BCUT2D eigenvalue weighted by molar-refractivity contribution is -0.115. The fraction of sp³-hybridized carbons (Fsp3) is 0.312. The summed E-state index contributed by atoms with van der Waals surface area (Å²) in [5, 5.41) is 15.7. The first-order chi connectivity index (χ1) is 11.6. The Morgan fingerprint density at radius 2 is 2.08 bits per heavy atom. The minimum Gasteiger partial charge on any atom is -0.335 e. The maximum atomic E-state index is 11.9. The van der Waals surface area contributed by atoms with E-state index >= 15 is 0 Å². The number of hydrogen-bond acceptors (Lipinski definition) is 3. The summed E-state index contributed by atoms with van der Waals surface area (Å²) in [5.41, 5.74) is 2.90. The minimum absolute atomic E-state index is 0.0391. The smallest absolute Gasteiger partial charge is 0.315 e. The van der Waals surface area contributed by atoms with Gasteiger partial charge in [-0.25, -0.2) is 4.79 Å². The van der Waals surface area contributed by atoms with E-state index < -0.39 is 0 Å². The van der Waals surface area contributed by atoms with Crippen LogP contribution < -0.4 is 16.0 Å². The van der Waals surface area contributed by atoms with Crippen LogP contribution in [0.3, 0.4) is 0 Å². The normalized spacial score (nSPS) is 16.1. The topological polar surface area (TPSA) is 98.9 Å². The van der Waals surface area contributed by atoms with Crippen molar-refractivity contribution >= 4 is 29.2 Å². The summed E-state index contributed by atoms with van der Waals surface area (Å²) in [6.07, 6.45) is 4.29. The number of H-pyrrole nitrogens is 1. The summed E-state index contributed by atoms with van der Waals surface area (Å²) in [6.45, 7) is -0.101. The molecule has 2 aromatic rings. The summed E-state index contributed by atoms with van der Waals surface area (Å²) in [4.78, 5) is 23.7. The first-order valence-corrected chi connectivity index (χ1v) is 8.09. The molecule has 1 aliphatic carbocycles. The summed E-state index contributed by atoms with van der Waals surface area (Å²) in [6, 6.07) is 6.45. The van der Waals surface area contributed by atoms with Crippen LogP contribution in [0.1, 0.15) is 17.7 Å². The number of nitrogens with one attached hydrogen (secondary N) is 4. The summed E-state index contributed by atoms with van der Waals surface area (Å²) in [5.74, 6) is -0.299. The van der Waals surface area contributed by atoms with Gasteiger partial charge in [0.15, 0.2) is 0 Å². The van der Waals surface area contributed by atoms with Crippen LogP contribution in [0.5, 0.6) is 0 Å². The van der Waals surface area contributed by atoms with Gasteiger partial charge in [0.2, 0.25) is 5.91 Å². The average molecular weight is 348 g/mol. The molecule has 24 heavy (non-hydrogen) atoms. The van der Waals surface area contributed by atoms with Crippen LogP contribution in [0.25, 0.3) is 0 Å². The molecule has 1 aromatic heterocycles. The average Bonchev–Trinajstić information content (AvgIpc) is 3.03. The van der Waals surface area contributed by atoms with Crippen molar-refractivity contribution in [1.29, 1.82) is 0 Å². The van der Waals surface area contributed by atoms with Gasteiger partial charge in [0, 0.05) is 28.9 Å². The number of amides is 3. The van der Waals surface area contributed by atoms with Crippen molar-refractivity contribution in [2.24, 2.45) is 0 Å². The molecule has 7 nitrogen and oxygen atoms in total. The molecule has 4 N–H and O–H groups in total. The second kappa shape index (κ2) is 7.35. The molecular weight excluding hydrogens is 330 g/mol. The Morgan fingerprint density at radius 1 is 1.29 bits per heavy atom. The number of aromatic nitrogens is 2. The van der Waals surface area contributed by atoms with Gasteiger partial charge < -0.3 is 16.0 Å². The molecule has 1 aliphatic rings. The van der Waals surface area contributed by atoms with Gasteiger partial charge in [0.1, 0.15) is 0 Å². The Hall–Kier alpha value is -2.54. The van der Waals surface area contributed by atoms with E-state index in [1.165, 1.54) is 5.56 Å². The fourth-order valence-electron chi connectivity index (χ4n) is 2.67. The molecule has 1 heterocycles. The number of carbonyl (C=O) groups is 2. The molecule has 126 valence electrons. The largest absolute Gasteiger partial charge is 0.335 e. The second-order valence-corrected chi connectivity index (χ2v) is 6.13. The SMILES string of the molecule is O=C(CNC(=O)NC1CCc2cn[nH]c2C1)Nc1ccc(Cl)cc1. The molecule has 0 bridgehead atoms. The van der Waals surface area contributed by atoms with E-state index in [1.54, 1.807) is 24.3 Å². The van der Waals surface area contributed by atoms with Crippen molar-refractivity contribution in [3.05, 3.63) is 46.7 Å². The number of carbonyl (C=O) groups excluding carboxylic acids is 2. The first-order valence-electron chi connectivity index (χ1n) is 7.71. The van der Waals surface area contributed by atoms with Crippen LogP contribution in [0, 0.1) is 0 Å². The van der Waals surface area contributed by atoms with E-state index in [2.05, 4.69) is 26.1 Å². The number of urea groups is 1. The molecule has 0 fully saturated rings. The molecular formula is C16H18ClN5O2. The highest BCUT2D eigenvalue weighted by atomic mass is 35.5. The van der Waals surface area contributed by atoms with E-state index in [9.17, 15) is 9.59 Å². The van der Waals surface area contributed by atoms with Crippen LogP contribution >= 0.6 is 11.6 Å². The lowest BCUT2D eigenvalue weighted by Crippen LogP contribution is -2.46. The number of fused-ring (bicyclic) bond motifs is 1. The minimum atomic E-state index is -0.353. The van der Waals surface area contributed by atoms with E-state index in [0.29, 0.717) is 10.7 Å². The number of rotatable bonds is 4. The molecule has 3 rings (SSSR count). The highest BCUT2D eigenvalue weighted by molar-refractivity contribution is 6.30. The molecule has 0 radical (unpaired) electrons. The Bertz CT molecular complexity index is 728. The van der Waals surface area contributed by atoms with Crippen molar-refractivity contribution in [3.63, 3.8) is 0 Å². The van der Waals surface area contributed by atoms with Gasteiger partial charge in [0.05, 0.1) is 12.7 Å². The van der Waals surface area contributed by atoms with Gasteiger partial charge in [-0.2, -0.15) is 5.10 Å². The van der Waals surface area contributed by atoms with Crippen LogP contribution in [0.15, 0.2) is 30.5 Å². The first kappa shape index (κ1) is 16.3. The zero-order chi connectivity index (χ0) is 16.9. The quantitative estimate of drug-likeness (QED) is 0.679. The lowest BCUT2D eigenvalue weighted by Gasteiger charge is -2.22. The van der Waals surface area contributed by atoms with Crippen molar-refractivity contribution in [2.75, 3.05) is 11.9 Å². The third kappa shape index (κ3) is 4.26. The van der Waals surface area contributed by atoms with Gasteiger partial charge in [0.25, 0.3) is 0 Å². The van der Waals surface area contributed by atoms with Crippen LogP contribution in [0.2, 0.25) is 5.02 Å². The third-order valence-corrected chi connectivity index (χ3v) is 4.14. The number of halogens is 1. The van der Waals surface area contributed by atoms with E-state index in [4.69, 9.17) is 11.6 Å². The van der Waals surface area contributed by atoms with E-state index in [0.717, 1.165) is 25.0 Å². The van der Waals surface area contributed by atoms with Crippen molar-refractivity contribution in [1.82, 2.24) is 20.8 Å². The van der Waals surface area contributed by atoms with Gasteiger partial charge in [-0.05, 0) is 42.7 Å². The van der Waals surface area contributed by atoms with Crippen LogP contribution in [-0.2, 0) is 17.6 Å². The number of hydrogen-bond donors (Lipinski definition) is 4. The van der Waals surface area contributed by atoms with Gasteiger partial charge in [-0.1, -0.05) is 11.6 Å². The lowest BCUT2D eigenvalue weighted by atomic mass is 9.94. The third-order valence-electron chi connectivity index (χ3n) is 3.89. The number of aromatic amines is 1. The molecule has 1 aromatic carbocycles. The van der Waals surface area contributed by atoms with Crippen LogP contribution in [-0.4, -0.2) is 34.7 Å². The highest BCUT2D eigenvalue weighted by Crippen LogP contribution is 2.18. The van der Waals surface area contributed by atoms with Gasteiger partial charge >= 0.3 is 6.03 Å². The summed E-state index contributed by atoms with van der Waals surface area (Å²) >= 11 is 5.78. The van der Waals surface area contributed by atoms with Gasteiger partial charge in [-0.3, -0.25) is 9.89 Å². The molecule has 1 unspecified atom stereocenters. The monoisotopic (exact) mass is 347 g/mol. The number of anilines is 1. The molecule has 0 saturated heterocycles. The predicted octanol–water partition coefficient (Wildman–Crippen LogP) is 1.86. The predicted molar refractivity (Wildman–Crippen MR) is 91.0 cm³/mol. The molecule has 0 aliphatic heterocycles. The maximum absolute atomic E-state index is 11.9. The Kier molecular flexibility index (Phi) is 5.00. The molecule has 8 heteroatoms. The zero-order valence-corrected chi connectivity index (χ0v) is 13.7. The van der Waals surface area contributed by atoms with Gasteiger partial charge in [-0.15, -0.1) is 0 Å².